The molecule has 7 heteroatoms. The molecule has 2 heterocycles. The molecular weight excluding hydrogens is 361 g/mol. The van der Waals surface area contributed by atoms with Crippen molar-refractivity contribution < 1.29 is 9.32 Å². The summed E-state index contributed by atoms with van der Waals surface area (Å²) >= 11 is 11.9. The Morgan fingerprint density at radius 1 is 1.08 bits per heavy atom. The average Bonchev–Trinajstić information content (AvgIpc) is 3.23. The van der Waals surface area contributed by atoms with Crippen LogP contribution in [0.3, 0.4) is 0 Å². The molecule has 2 aromatic carbocycles. The molecule has 1 aromatic heterocycles. The maximum Gasteiger partial charge on any atom is 0.232 e. The number of hydrogen-bond donors (Lipinski definition) is 0. The van der Waals surface area contributed by atoms with Gasteiger partial charge in [0.2, 0.25) is 17.6 Å². The fourth-order valence-electron chi connectivity index (χ4n) is 2.89. The van der Waals surface area contributed by atoms with E-state index in [1.807, 2.05) is 24.3 Å². The van der Waals surface area contributed by atoms with Crippen LogP contribution in [0.4, 0.5) is 5.69 Å². The van der Waals surface area contributed by atoms with Gasteiger partial charge in [0.05, 0.1) is 5.92 Å². The lowest BCUT2D eigenvalue weighted by Crippen LogP contribution is -2.24. The smallest absolute Gasteiger partial charge is 0.232 e. The van der Waals surface area contributed by atoms with Gasteiger partial charge in [-0.3, -0.25) is 4.79 Å². The Labute approximate surface area is 154 Å². The first-order chi connectivity index (χ1) is 12.1. The van der Waals surface area contributed by atoms with Gasteiger partial charge in [-0.05, 0) is 36.4 Å². The van der Waals surface area contributed by atoms with Crippen molar-refractivity contribution >= 4 is 34.8 Å². The topological polar surface area (TPSA) is 59.2 Å². The zero-order valence-electron chi connectivity index (χ0n) is 13.0. The number of benzene rings is 2. The van der Waals surface area contributed by atoms with Gasteiger partial charge in [-0.25, -0.2) is 0 Å². The Hall–Kier alpha value is -2.37. The molecule has 4 rings (SSSR count). The Morgan fingerprint density at radius 3 is 2.64 bits per heavy atom. The van der Waals surface area contributed by atoms with E-state index in [0.717, 1.165) is 11.3 Å². The van der Waals surface area contributed by atoms with Crippen LogP contribution in [0.1, 0.15) is 18.2 Å². The number of anilines is 1. The molecule has 0 aliphatic carbocycles. The van der Waals surface area contributed by atoms with Gasteiger partial charge in [-0.15, -0.1) is 0 Å². The van der Waals surface area contributed by atoms with E-state index in [9.17, 15) is 4.79 Å². The maximum absolute atomic E-state index is 12.4. The van der Waals surface area contributed by atoms with Crippen molar-refractivity contribution in [1.29, 1.82) is 0 Å². The second-order valence-corrected chi connectivity index (χ2v) is 6.72. The summed E-state index contributed by atoms with van der Waals surface area (Å²) in [7, 11) is 0. The Kier molecular flexibility index (Phi) is 4.19. The van der Waals surface area contributed by atoms with Crippen LogP contribution in [0.25, 0.3) is 11.4 Å². The molecule has 0 N–H and O–H groups in total. The zero-order valence-corrected chi connectivity index (χ0v) is 14.5. The summed E-state index contributed by atoms with van der Waals surface area (Å²) in [4.78, 5) is 18.5. The molecule has 1 aliphatic heterocycles. The molecule has 1 unspecified atom stereocenters. The van der Waals surface area contributed by atoms with Crippen LogP contribution in [-0.2, 0) is 4.79 Å². The number of carbonyl (C=O) groups is 1. The molecular formula is C18H13Cl2N3O2. The molecule has 3 aromatic rings. The van der Waals surface area contributed by atoms with Gasteiger partial charge in [0.15, 0.2) is 0 Å². The summed E-state index contributed by atoms with van der Waals surface area (Å²) in [6, 6.07) is 14.4. The monoisotopic (exact) mass is 373 g/mol. The molecule has 0 radical (unpaired) electrons. The quantitative estimate of drug-likeness (QED) is 0.674. The first kappa shape index (κ1) is 16.1. The number of hydrogen-bond acceptors (Lipinski definition) is 4. The van der Waals surface area contributed by atoms with Gasteiger partial charge >= 0.3 is 0 Å². The highest BCUT2D eigenvalue weighted by Gasteiger charge is 2.35. The summed E-state index contributed by atoms with van der Waals surface area (Å²) in [5, 5.41) is 5.25. The number of rotatable bonds is 3. The minimum atomic E-state index is -0.136. The molecule has 1 aliphatic rings. The lowest BCUT2D eigenvalue weighted by molar-refractivity contribution is -0.117. The summed E-state index contributed by atoms with van der Waals surface area (Å²) in [6.07, 6.45) is 0.333. The van der Waals surface area contributed by atoms with E-state index >= 15 is 0 Å². The van der Waals surface area contributed by atoms with Gasteiger partial charge in [-0.2, -0.15) is 4.98 Å². The van der Waals surface area contributed by atoms with Gasteiger partial charge < -0.3 is 9.42 Å². The summed E-state index contributed by atoms with van der Waals surface area (Å²) in [5.74, 6) is 0.813. The van der Waals surface area contributed by atoms with Crippen molar-refractivity contribution in [2.45, 2.75) is 12.3 Å². The molecule has 0 saturated carbocycles. The second kappa shape index (κ2) is 6.50. The Morgan fingerprint density at radius 2 is 1.88 bits per heavy atom. The van der Waals surface area contributed by atoms with E-state index in [-0.39, 0.29) is 11.8 Å². The Bertz CT molecular complexity index is 924. The molecule has 1 atom stereocenters. The minimum absolute atomic E-state index is 0.0230. The van der Waals surface area contributed by atoms with E-state index in [4.69, 9.17) is 27.7 Å². The van der Waals surface area contributed by atoms with Crippen molar-refractivity contribution in [2.75, 3.05) is 11.4 Å². The van der Waals surface area contributed by atoms with Crippen LogP contribution in [0, 0.1) is 0 Å². The van der Waals surface area contributed by atoms with E-state index in [2.05, 4.69) is 10.1 Å². The van der Waals surface area contributed by atoms with Crippen molar-refractivity contribution in [3.63, 3.8) is 0 Å². The lowest BCUT2D eigenvalue weighted by atomic mass is 10.1. The zero-order chi connectivity index (χ0) is 17.4. The van der Waals surface area contributed by atoms with Crippen molar-refractivity contribution in [1.82, 2.24) is 10.1 Å². The molecule has 126 valence electrons. The standard InChI is InChI=1S/C18H13Cl2N3O2/c19-13-4-6-15(7-5-13)23-10-12(9-16(23)24)18-21-17(22-25-18)11-2-1-3-14(20)8-11/h1-8,12H,9-10H2. The Balaban J connectivity index is 1.55. The predicted molar refractivity (Wildman–Crippen MR) is 95.9 cm³/mol. The fourth-order valence-corrected chi connectivity index (χ4v) is 3.21. The highest BCUT2D eigenvalue weighted by molar-refractivity contribution is 6.31. The molecule has 0 bridgehead atoms. The third-order valence-corrected chi connectivity index (χ3v) is 4.62. The van der Waals surface area contributed by atoms with E-state index < -0.39 is 0 Å². The predicted octanol–water partition coefficient (Wildman–Crippen LogP) is 4.56. The second-order valence-electron chi connectivity index (χ2n) is 5.85. The number of aromatic nitrogens is 2. The molecule has 25 heavy (non-hydrogen) atoms. The highest BCUT2D eigenvalue weighted by Crippen LogP contribution is 2.32. The molecule has 5 nitrogen and oxygen atoms in total. The third kappa shape index (κ3) is 3.25. The number of halogens is 2. The minimum Gasteiger partial charge on any atom is -0.339 e. The van der Waals surface area contributed by atoms with Crippen molar-refractivity contribution in [2.24, 2.45) is 0 Å². The van der Waals surface area contributed by atoms with Gasteiger partial charge in [0, 0.05) is 34.3 Å². The van der Waals surface area contributed by atoms with E-state index in [1.54, 1.807) is 29.2 Å². The van der Waals surface area contributed by atoms with Gasteiger partial charge in [-0.1, -0.05) is 40.5 Å². The summed E-state index contributed by atoms with van der Waals surface area (Å²) in [6.45, 7) is 0.498. The number of amides is 1. The van der Waals surface area contributed by atoms with Gasteiger partial charge in [0.1, 0.15) is 0 Å². The molecule has 1 amide bonds. The molecule has 0 spiro atoms. The number of nitrogens with zero attached hydrogens (tertiary/aromatic N) is 3. The molecule has 1 fully saturated rings. The first-order valence-electron chi connectivity index (χ1n) is 7.75. The van der Waals surface area contributed by atoms with Crippen LogP contribution in [0.5, 0.6) is 0 Å². The highest BCUT2D eigenvalue weighted by atomic mass is 35.5. The van der Waals surface area contributed by atoms with Crippen molar-refractivity contribution in [3.05, 3.63) is 64.5 Å². The third-order valence-electron chi connectivity index (χ3n) is 4.14. The van der Waals surface area contributed by atoms with Crippen LogP contribution < -0.4 is 4.90 Å². The number of carbonyl (C=O) groups excluding carboxylic acids is 1. The van der Waals surface area contributed by atoms with Crippen LogP contribution in [-0.4, -0.2) is 22.6 Å². The largest absolute Gasteiger partial charge is 0.339 e. The van der Waals surface area contributed by atoms with Crippen LogP contribution in [0.2, 0.25) is 10.0 Å². The lowest BCUT2D eigenvalue weighted by Gasteiger charge is -2.15. The average molecular weight is 374 g/mol. The first-order valence-corrected chi connectivity index (χ1v) is 8.51. The van der Waals surface area contributed by atoms with Gasteiger partial charge in [0.25, 0.3) is 0 Å². The SMILES string of the molecule is O=C1CC(c2nc(-c3cccc(Cl)c3)no2)CN1c1ccc(Cl)cc1. The maximum atomic E-state index is 12.4. The van der Waals surface area contributed by atoms with Crippen LogP contribution >= 0.6 is 23.2 Å². The van der Waals surface area contributed by atoms with E-state index in [1.165, 1.54) is 0 Å². The molecule has 1 saturated heterocycles. The summed E-state index contributed by atoms with van der Waals surface area (Å²) in [5.41, 5.74) is 1.59. The normalized spacial score (nSPS) is 17.3. The van der Waals surface area contributed by atoms with Crippen molar-refractivity contribution in [3.8, 4) is 11.4 Å². The van der Waals surface area contributed by atoms with Crippen LogP contribution in [0.15, 0.2) is 53.1 Å². The van der Waals surface area contributed by atoms with E-state index in [0.29, 0.717) is 34.7 Å². The summed E-state index contributed by atoms with van der Waals surface area (Å²) < 4.78 is 5.39. The fraction of sp³-hybridized carbons (Fsp3) is 0.167.